The standard InChI is InChI=1S/C16H22N2O3/c1-2-8-17-15(19)12-5-3-6-13(10-12)16(20)18-11-14-7-4-9-21-14/h3,5-6,10,14H,2,4,7-9,11H2,1H3,(H,17,19)(H,18,20). The molecule has 0 radical (unpaired) electrons. The molecule has 0 saturated carbocycles. The summed E-state index contributed by atoms with van der Waals surface area (Å²) in [5, 5.41) is 5.66. The van der Waals surface area contributed by atoms with Gasteiger partial charge in [0.15, 0.2) is 0 Å². The highest BCUT2D eigenvalue weighted by molar-refractivity contribution is 5.99. The maximum atomic E-state index is 12.1. The lowest BCUT2D eigenvalue weighted by molar-refractivity contribution is 0.0858. The summed E-state index contributed by atoms with van der Waals surface area (Å²) in [6.07, 6.45) is 3.03. The van der Waals surface area contributed by atoms with E-state index in [4.69, 9.17) is 4.74 Å². The number of rotatable bonds is 6. The van der Waals surface area contributed by atoms with E-state index in [9.17, 15) is 9.59 Å². The van der Waals surface area contributed by atoms with Crippen LogP contribution < -0.4 is 10.6 Å². The molecule has 0 bridgehead atoms. The van der Waals surface area contributed by atoms with Crippen LogP contribution in [0.1, 0.15) is 46.9 Å². The maximum Gasteiger partial charge on any atom is 0.251 e. The summed E-state index contributed by atoms with van der Waals surface area (Å²) in [5.74, 6) is -0.318. The molecule has 2 rings (SSSR count). The highest BCUT2D eigenvalue weighted by Crippen LogP contribution is 2.11. The van der Waals surface area contributed by atoms with Crippen molar-refractivity contribution in [3.05, 3.63) is 35.4 Å². The molecule has 1 aliphatic rings. The fraction of sp³-hybridized carbons (Fsp3) is 0.500. The van der Waals surface area contributed by atoms with Gasteiger partial charge in [0.2, 0.25) is 0 Å². The van der Waals surface area contributed by atoms with Crippen molar-refractivity contribution in [3.63, 3.8) is 0 Å². The summed E-state index contributed by atoms with van der Waals surface area (Å²) in [4.78, 5) is 24.0. The number of amides is 2. The molecule has 1 saturated heterocycles. The van der Waals surface area contributed by atoms with Crippen molar-refractivity contribution in [1.29, 1.82) is 0 Å². The smallest absolute Gasteiger partial charge is 0.251 e. The fourth-order valence-electron chi connectivity index (χ4n) is 2.26. The van der Waals surface area contributed by atoms with Gasteiger partial charge in [0.1, 0.15) is 0 Å². The second kappa shape index (κ2) is 7.78. The first-order valence-corrected chi connectivity index (χ1v) is 7.48. The third kappa shape index (κ3) is 4.56. The van der Waals surface area contributed by atoms with E-state index in [-0.39, 0.29) is 17.9 Å². The predicted octanol–water partition coefficient (Wildman–Crippen LogP) is 1.74. The topological polar surface area (TPSA) is 67.4 Å². The van der Waals surface area contributed by atoms with E-state index in [0.29, 0.717) is 24.2 Å². The Morgan fingerprint density at radius 1 is 1.24 bits per heavy atom. The third-order valence-electron chi connectivity index (χ3n) is 3.44. The average molecular weight is 290 g/mol. The molecule has 1 aromatic carbocycles. The fourth-order valence-corrected chi connectivity index (χ4v) is 2.26. The summed E-state index contributed by atoms with van der Waals surface area (Å²) in [7, 11) is 0. The Labute approximate surface area is 125 Å². The van der Waals surface area contributed by atoms with Gasteiger partial charge >= 0.3 is 0 Å². The van der Waals surface area contributed by atoms with Gasteiger partial charge in [-0.2, -0.15) is 0 Å². The molecular formula is C16H22N2O3. The summed E-state index contributed by atoms with van der Waals surface area (Å²) >= 11 is 0. The van der Waals surface area contributed by atoms with Gasteiger partial charge in [-0.15, -0.1) is 0 Å². The van der Waals surface area contributed by atoms with Crippen LogP contribution in [0.4, 0.5) is 0 Å². The lowest BCUT2D eigenvalue weighted by atomic mass is 10.1. The third-order valence-corrected chi connectivity index (χ3v) is 3.44. The molecule has 2 N–H and O–H groups in total. The van der Waals surface area contributed by atoms with Crippen molar-refractivity contribution in [1.82, 2.24) is 10.6 Å². The number of nitrogens with one attached hydrogen (secondary N) is 2. The van der Waals surface area contributed by atoms with Gasteiger partial charge in [-0.25, -0.2) is 0 Å². The molecular weight excluding hydrogens is 268 g/mol. The largest absolute Gasteiger partial charge is 0.376 e. The highest BCUT2D eigenvalue weighted by Gasteiger charge is 2.17. The first-order valence-electron chi connectivity index (χ1n) is 7.48. The Morgan fingerprint density at radius 3 is 2.57 bits per heavy atom. The van der Waals surface area contributed by atoms with Crippen LogP contribution in [0.5, 0.6) is 0 Å². The summed E-state index contributed by atoms with van der Waals surface area (Å²) < 4.78 is 5.47. The van der Waals surface area contributed by atoms with Gasteiger partial charge < -0.3 is 15.4 Å². The minimum Gasteiger partial charge on any atom is -0.376 e. The van der Waals surface area contributed by atoms with Crippen molar-refractivity contribution >= 4 is 11.8 Å². The first kappa shape index (κ1) is 15.5. The molecule has 1 heterocycles. The Balaban J connectivity index is 1.92. The van der Waals surface area contributed by atoms with Crippen molar-refractivity contribution in [2.75, 3.05) is 19.7 Å². The van der Waals surface area contributed by atoms with Gasteiger partial charge in [-0.05, 0) is 37.5 Å². The molecule has 0 aliphatic carbocycles. The number of ether oxygens (including phenoxy) is 1. The van der Waals surface area contributed by atoms with Gasteiger partial charge in [-0.3, -0.25) is 9.59 Å². The van der Waals surface area contributed by atoms with Crippen molar-refractivity contribution in [3.8, 4) is 0 Å². The molecule has 1 aliphatic heterocycles. The van der Waals surface area contributed by atoms with E-state index in [0.717, 1.165) is 25.9 Å². The zero-order chi connectivity index (χ0) is 15.1. The van der Waals surface area contributed by atoms with Gasteiger partial charge in [0, 0.05) is 30.8 Å². The molecule has 1 unspecified atom stereocenters. The van der Waals surface area contributed by atoms with Crippen LogP contribution in [0.3, 0.4) is 0 Å². The van der Waals surface area contributed by atoms with E-state index in [2.05, 4.69) is 10.6 Å². The van der Waals surface area contributed by atoms with Crippen molar-refractivity contribution in [2.24, 2.45) is 0 Å². The lowest BCUT2D eigenvalue weighted by Gasteiger charge is -2.11. The quantitative estimate of drug-likeness (QED) is 0.838. The molecule has 21 heavy (non-hydrogen) atoms. The SMILES string of the molecule is CCCNC(=O)c1cccc(C(=O)NCC2CCCO2)c1. The Hall–Kier alpha value is -1.88. The van der Waals surface area contributed by atoms with Gasteiger partial charge in [0.05, 0.1) is 6.10 Å². The number of carbonyl (C=O) groups is 2. The van der Waals surface area contributed by atoms with E-state index in [1.807, 2.05) is 6.92 Å². The molecule has 5 nitrogen and oxygen atoms in total. The predicted molar refractivity (Wildman–Crippen MR) is 80.4 cm³/mol. The molecule has 114 valence electrons. The van der Waals surface area contributed by atoms with Crippen LogP contribution in [0.25, 0.3) is 0 Å². The lowest BCUT2D eigenvalue weighted by Crippen LogP contribution is -2.32. The maximum absolute atomic E-state index is 12.1. The Morgan fingerprint density at radius 2 is 1.95 bits per heavy atom. The summed E-state index contributed by atoms with van der Waals surface area (Å²) in [6.45, 7) is 3.92. The minimum atomic E-state index is -0.171. The van der Waals surface area contributed by atoms with E-state index in [1.165, 1.54) is 0 Å². The summed E-state index contributed by atoms with van der Waals surface area (Å²) in [5.41, 5.74) is 1.00. The van der Waals surface area contributed by atoms with Crippen LogP contribution in [-0.4, -0.2) is 37.6 Å². The molecule has 1 atom stereocenters. The number of carbonyl (C=O) groups excluding carboxylic acids is 2. The zero-order valence-electron chi connectivity index (χ0n) is 12.4. The number of benzene rings is 1. The van der Waals surface area contributed by atoms with E-state index >= 15 is 0 Å². The van der Waals surface area contributed by atoms with E-state index in [1.54, 1.807) is 24.3 Å². The van der Waals surface area contributed by atoms with Gasteiger partial charge in [-0.1, -0.05) is 13.0 Å². The highest BCUT2D eigenvalue weighted by atomic mass is 16.5. The van der Waals surface area contributed by atoms with Crippen LogP contribution in [0.2, 0.25) is 0 Å². The molecule has 2 amide bonds. The van der Waals surface area contributed by atoms with Crippen LogP contribution >= 0.6 is 0 Å². The van der Waals surface area contributed by atoms with Crippen LogP contribution in [-0.2, 0) is 4.74 Å². The number of hydrogen-bond donors (Lipinski definition) is 2. The molecule has 1 aromatic rings. The second-order valence-corrected chi connectivity index (χ2v) is 5.18. The Kier molecular flexibility index (Phi) is 5.75. The molecule has 0 aromatic heterocycles. The van der Waals surface area contributed by atoms with Gasteiger partial charge in [0.25, 0.3) is 11.8 Å². The molecule has 1 fully saturated rings. The molecule has 0 spiro atoms. The minimum absolute atomic E-state index is 0.116. The monoisotopic (exact) mass is 290 g/mol. The molecule has 5 heteroatoms. The van der Waals surface area contributed by atoms with Crippen molar-refractivity contribution in [2.45, 2.75) is 32.3 Å². The summed E-state index contributed by atoms with van der Waals surface area (Å²) in [6, 6.07) is 6.76. The van der Waals surface area contributed by atoms with Crippen LogP contribution in [0.15, 0.2) is 24.3 Å². The van der Waals surface area contributed by atoms with E-state index < -0.39 is 0 Å². The Bertz CT molecular complexity index is 496. The average Bonchev–Trinajstić information content (AvgIpc) is 3.03. The zero-order valence-corrected chi connectivity index (χ0v) is 12.4. The first-order chi connectivity index (χ1) is 10.2. The van der Waals surface area contributed by atoms with Crippen LogP contribution in [0, 0.1) is 0 Å². The van der Waals surface area contributed by atoms with Crippen molar-refractivity contribution < 1.29 is 14.3 Å². The normalized spacial score (nSPS) is 17.5. The number of hydrogen-bond acceptors (Lipinski definition) is 3. The second-order valence-electron chi connectivity index (χ2n) is 5.18.